The van der Waals surface area contributed by atoms with Crippen molar-refractivity contribution in [2.75, 3.05) is 31.2 Å². The Morgan fingerprint density at radius 3 is 2.67 bits per heavy atom. The molecule has 5 rings (SSSR count). The number of ether oxygens (including phenoxy) is 1. The predicted octanol–water partition coefficient (Wildman–Crippen LogP) is 4.90. The number of hydrogen-bond acceptors (Lipinski definition) is 7. The molecule has 1 aromatic carbocycles. The van der Waals surface area contributed by atoms with Crippen LogP contribution >= 0.6 is 11.3 Å². The minimum atomic E-state index is -4.62. The number of carbonyl (C=O) groups is 1. The molecule has 1 atom stereocenters. The van der Waals surface area contributed by atoms with E-state index in [-0.39, 0.29) is 29.3 Å². The molecule has 3 aliphatic rings. The fourth-order valence-corrected chi connectivity index (χ4v) is 6.22. The highest BCUT2D eigenvalue weighted by atomic mass is 32.1. The Morgan fingerprint density at radius 2 is 1.94 bits per heavy atom. The van der Waals surface area contributed by atoms with Gasteiger partial charge < -0.3 is 10.5 Å². The summed E-state index contributed by atoms with van der Waals surface area (Å²) in [4.78, 5) is 17.6. The normalized spacial score (nSPS) is 21.6. The molecule has 0 amide bonds. The number of carbonyl (C=O) groups excluding carboxylic acids is 1. The summed E-state index contributed by atoms with van der Waals surface area (Å²) >= 11 is 1.44. The third-order valence-corrected chi connectivity index (χ3v) is 7.88. The summed E-state index contributed by atoms with van der Waals surface area (Å²) in [5.74, 6) is -0.898. The van der Waals surface area contributed by atoms with Crippen LogP contribution in [0.5, 0.6) is 0 Å². The molecule has 188 valence electrons. The molecule has 6 nitrogen and oxygen atoms in total. The van der Waals surface area contributed by atoms with E-state index >= 15 is 0 Å². The van der Waals surface area contributed by atoms with E-state index in [1.807, 2.05) is 11.4 Å². The zero-order valence-electron chi connectivity index (χ0n) is 19.5. The number of nitriles is 1. The topological polar surface area (TPSA) is 82.6 Å². The van der Waals surface area contributed by atoms with Crippen LogP contribution in [0.1, 0.15) is 41.2 Å². The maximum Gasteiger partial charge on any atom is 0.418 e. The number of benzene rings is 1. The SMILES string of the molecule is N#CC1=C(N)N(c2ccccc2C(F)(F)F)C2=C(C(=O)CCC2)C1c1cc(CN2CCOCC2)cs1. The lowest BCUT2D eigenvalue weighted by Crippen LogP contribution is -2.39. The molecule has 2 aromatic rings. The number of halogens is 3. The van der Waals surface area contributed by atoms with E-state index in [1.165, 1.54) is 34.4 Å². The molecule has 10 heteroatoms. The van der Waals surface area contributed by atoms with Gasteiger partial charge in [0.1, 0.15) is 5.82 Å². The summed E-state index contributed by atoms with van der Waals surface area (Å²) in [6.45, 7) is 3.73. The number of nitrogens with two attached hydrogens (primary N) is 1. The zero-order valence-corrected chi connectivity index (χ0v) is 20.3. The van der Waals surface area contributed by atoms with Crippen LogP contribution in [0.25, 0.3) is 0 Å². The van der Waals surface area contributed by atoms with Gasteiger partial charge in [0.25, 0.3) is 0 Å². The Labute approximate surface area is 211 Å². The van der Waals surface area contributed by atoms with Crippen LogP contribution in [-0.2, 0) is 22.3 Å². The van der Waals surface area contributed by atoms with Gasteiger partial charge in [0.2, 0.25) is 0 Å². The van der Waals surface area contributed by atoms with E-state index in [0.717, 1.165) is 36.1 Å². The Bertz CT molecular complexity index is 1280. The number of thiophene rings is 1. The van der Waals surface area contributed by atoms with Gasteiger partial charge in [-0.1, -0.05) is 12.1 Å². The van der Waals surface area contributed by atoms with Crippen LogP contribution in [0, 0.1) is 11.3 Å². The zero-order chi connectivity index (χ0) is 25.4. The molecular weight excluding hydrogens is 489 g/mol. The minimum absolute atomic E-state index is 0.0595. The molecule has 0 radical (unpaired) electrons. The van der Waals surface area contributed by atoms with Gasteiger partial charge in [-0.3, -0.25) is 14.6 Å². The first kappa shape index (κ1) is 24.6. The standard InChI is InChI=1S/C26H25F3N4O2S/c27-26(28,29)18-4-1-2-5-19(18)33-20-6-3-7-21(34)24(20)23(17(13-30)25(33)31)22-12-16(15-36-22)14-32-8-10-35-11-9-32/h1-2,4-5,12,15,23H,3,6-11,14,31H2. The van der Waals surface area contributed by atoms with Gasteiger partial charge in [-0.05, 0) is 42.0 Å². The molecule has 0 spiro atoms. The van der Waals surface area contributed by atoms with Gasteiger partial charge in [0.05, 0.1) is 42.0 Å². The Kier molecular flexibility index (Phi) is 6.64. The van der Waals surface area contributed by atoms with Crippen molar-refractivity contribution in [3.63, 3.8) is 0 Å². The number of ketones is 1. The Morgan fingerprint density at radius 1 is 1.19 bits per heavy atom. The summed E-state index contributed by atoms with van der Waals surface area (Å²) in [6.07, 6.45) is -3.43. The van der Waals surface area contributed by atoms with Crippen molar-refractivity contribution < 1.29 is 22.7 Å². The van der Waals surface area contributed by atoms with Crippen molar-refractivity contribution in [3.05, 3.63) is 74.4 Å². The summed E-state index contributed by atoms with van der Waals surface area (Å²) in [5, 5.41) is 12.2. The highest BCUT2D eigenvalue weighted by Gasteiger charge is 2.43. The van der Waals surface area contributed by atoms with Crippen LogP contribution < -0.4 is 10.6 Å². The number of morpholine rings is 1. The van der Waals surface area contributed by atoms with Crippen LogP contribution in [0.3, 0.4) is 0 Å². The lowest BCUT2D eigenvalue weighted by atomic mass is 9.78. The first-order valence-electron chi connectivity index (χ1n) is 11.8. The van der Waals surface area contributed by atoms with Crippen molar-refractivity contribution in [1.29, 1.82) is 5.26 Å². The molecular formula is C26H25F3N4O2S. The van der Waals surface area contributed by atoms with E-state index in [1.54, 1.807) is 0 Å². The molecule has 2 aliphatic heterocycles. The lowest BCUT2D eigenvalue weighted by molar-refractivity contribution is -0.137. The van der Waals surface area contributed by atoms with E-state index in [4.69, 9.17) is 10.5 Å². The van der Waals surface area contributed by atoms with Crippen molar-refractivity contribution in [2.45, 2.75) is 37.9 Å². The van der Waals surface area contributed by atoms with E-state index < -0.39 is 17.7 Å². The maximum absolute atomic E-state index is 13.9. The second kappa shape index (κ2) is 9.73. The number of hydrogen-bond donors (Lipinski definition) is 1. The van der Waals surface area contributed by atoms with Crippen LogP contribution in [0.15, 0.2) is 58.4 Å². The minimum Gasteiger partial charge on any atom is -0.384 e. The third-order valence-electron chi connectivity index (χ3n) is 6.83. The molecule has 1 aromatic heterocycles. The van der Waals surface area contributed by atoms with Gasteiger partial charge in [-0.15, -0.1) is 11.3 Å². The fourth-order valence-electron chi connectivity index (χ4n) is 5.20. The van der Waals surface area contributed by atoms with Crippen molar-refractivity contribution in [3.8, 4) is 6.07 Å². The van der Waals surface area contributed by atoms with Crippen LogP contribution in [0.2, 0.25) is 0 Å². The molecule has 0 saturated carbocycles. The molecule has 1 aliphatic carbocycles. The smallest absolute Gasteiger partial charge is 0.384 e. The highest BCUT2D eigenvalue weighted by molar-refractivity contribution is 7.10. The number of alkyl halides is 3. The van der Waals surface area contributed by atoms with Crippen molar-refractivity contribution >= 4 is 22.8 Å². The van der Waals surface area contributed by atoms with Crippen molar-refractivity contribution in [2.24, 2.45) is 5.73 Å². The maximum atomic E-state index is 13.9. The van der Waals surface area contributed by atoms with Gasteiger partial charge in [0, 0.05) is 42.2 Å². The molecule has 1 unspecified atom stereocenters. The van der Waals surface area contributed by atoms with E-state index in [2.05, 4.69) is 11.0 Å². The Hall–Kier alpha value is -3.13. The number of para-hydroxylation sites is 1. The molecule has 3 heterocycles. The number of rotatable bonds is 4. The Balaban J connectivity index is 1.61. The monoisotopic (exact) mass is 514 g/mol. The third kappa shape index (κ3) is 4.43. The molecule has 2 N–H and O–H groups in total. The first-order valence-corrected chi connectivity index (χ1v) is 12.7. The first-order chi connectivity index (χ1) is 17.3. The second-order valence-corrected chi connectivity index (χ2v) is 10.0. The average molecular weight is 515 g/mol. The summed E-state index contributed by atoms with van der Waals surface area (Å²) in [7, 11) is 0. The predicted molar refractivity (Wildman–Crippen MR) is 130 cm³/mol. The van der Waals surface area contributed by atoms with Gasteiger partial charge >= 0.3 is 6.18 Å². The fraction of sp³-hybridized carbons (Fsp3) is 0.385. The van der Waals surface area contributed by atoms with E-state index in [9.17, 15) is 23.2 Å². The number of nitrogens with zero attached hydrogens (tertiary/aromatic N) is 3. The second-order valence-electron chi connectivity index (χ2n) is 9.08. The largest absolute Gasteiger partial charge is 0.418 e. The molecule has 1 fully saturated rings. The number of Topliss-reactive ketones (excluding diaryl/α,β-unsaturated/α-hetero) is 1. The lowest BCUT2D eigenvalue weighted by Gasteiger charge is -2.40. The van der Waals surface area contributed by atoms with Crippen molar-refractivity contribution in [1.82, 2.24) is 4.90 Å². The summed E-state index contributed by atoms with van der Waals surface area (Å²) < 4.78 is 47.1. The van der Waals surface area contributed by atoms with Gasteiger partial charge in [-0.2, -0.15) is 18.4 Å². The summed E-state index contributed by atoms with van der Waals surface area (Å²) in [5.41, 5.74) is 7.42. The van der Waals surface area contributed by atoms with E-state index in [0.29, 0.717) is 37.3 Å². The van der Waals surface area contributed by atoms with Gasteiger partial charge in [-0.25, -0.2) is 0 Å². The molecule has 0 bridgehead atoms. The number of anilines is 1. The number of allylic oxidation sites excluding steroid dienone is 3. The molecule has 36 heavy (non-hydrogen) atoms. The summed E-state index contributed by atoms with van der Waals surface area (Å²) in [6, 6.07) is 9.25. The van der Waals surface area contributed by atoms with Crippen LogP contribution in [-0.4, -0.2) is 37.0 Å². The highest BCUT2D eigenvalue weighted by Crippen LogP contribution is 2.49. The molecule has 1 saturated heterocycles. The average Bonchev–Trinajstić information content (AvgIpc) is 3.31. The van der Waals surface area contributed by atoms with Crippen LogP contribution in [0.4, 0.5) is 18.9 Å². The quantitative estimate of drug-likeness (QED) is 0.625. The van der Waals surface area contributed by atoms with Gasteiger partial charge in [0.15, 0.2) is 5.78 Å².